The van der Waals surface area contributed by atoms with E-state index >= 15 is 0 Å². The summed E-state index contributed by atoms with van der Waals surface area (Å²) in [4.78, 5) is 28.7. The maximum Gasteiger partial charge on any atom is 0.253 e. The lowest BCUT2D eigenvalue weighted by atomic mass is 9.86. The van der Waals surface area contributed by atoms with Gasteiger partial charge < -0.3 is 19.4 Å². The molecular formula is C24H33N5O2. The molecule has 0 aliphatic carbocycles. The fourth-order valence-corrected chi connectivity index (χ4v) is 4.09. The van der Waals surface area contributed by atoms with Crippen molar-refractivity contribution < 1.29 is 9.53 Å². The molecule has 1 aromatic carbocycles. The third kappa shape index (κ3) is 4.98. The number of benzene rings is 1. The van der Waals surface area contributed by atoms with Crippen molar-refractivity contribution in [3.63, 3.8) is 0 Å². The van der Waals surface area contributed by atoms with Gasteiger partial charge in [0.1, 0.15) is 17.5 Å². The van der Waals surface area contributed by atoms with Crippen LogP contribution in [0.25, 0.3) is 0 Å². The Balaban J connectivity index is 1.40. The van der Waals surface area contributed by atoms with Crippen LogP contribution in [-0.4, -0.2) is 73.3 Å². The number of carbonyl (C=O) groups is 1. The number of anilines is 2. The molecular weight excluding hydrogens is 390 g/mol. The zero-order valence-electron chi connectivity index (χ0n) is 19.1. The van der Waals surface area contributed by atoms with Crippen molar-refractivity contribution in [1.29, 1.82) is 0 Å². The van der Waals surface area contributed by atoms with Crippen LogP contribution in [0.5, 0.6) is 0 Å². The lowest BCUT2D eigenvalue weighted by molar-refractivity contribution is 0.0746. The minimum atomic E-state index is 0.0863. The second-order valence-corrected chi connectivity index (χ2v) is 9.34. The Morgan fingerprint density at radius 1 is 0.871 bits per heavy atom. The van der Waals surface area contributed by atoms with Crippen molar-refractivity contribution in [3.05, 3.63) is 47.3 Å². The molecule has 4 rings (SSSR count). The molecule has 3 heterocycles. The second-order valence-electron chi connectivity index (χ2n) is 9.34. The molecule has 7 nitrogen and oxygen atoms in total. The van der Waals surface area contributed by atoms with Crippen LogP contribution in [0.2, 0.25) is 0 Å². The van der Waals surface area contributed by atoms with E-state index in [4.69, 9.17) is 4.74 Å². The fraction of sp³-hybridized carbons (Fsp3) is 0.542. The minimum Gasteiger partial charge on any atom is -0.378 e. The van der Waals surface area contributed by atoms with E-state index in [9.17, 15) is 4.79 Å². The lowest BCUT2D eigenvalue weighted by Crippen LogP contribution is -2.49. The van der Waals surface area contributed by atoms with Crippen LogP contribution in [0.4, 0.5) is 11.6 Å². The molecule has 2 aromatic rings. The van der Waals surface area contributed by atoms with Gasteiger partial charge in [0.15, 0.2) is 0 Å². The van der Waals surface area contributed by atoms with Gasteiger partial charge in [-0.25, -0.2) is 9.97 Å². The number of piperazine rings is 1. The van der Waals surface area contributed by atoms with E-state index in [2.05, 4.69) is 58.7 Å². The van der Waals surface area contributed by atoms with Crippen molar-refractivity contribution in [2.75, 3.05) is 62.3 Å². The van der Waals surface area contributed by atoms with E-state index < -0.39 is 0 Å². The predicted molar refractivity (Wildman–Crippen MR) is 123 cm³/mol. The monoisotopic (exact) mass is 423 g/mol. The summed E-state index contributed by atoms with van der Waals surface area (Å²) in [6.45, 7) is 14.6. The molecule has 0 bridgehead atoms. The number of hydrogen-bond acceptors (Lipinski definition) is 6. The van der Waals surface area contributed by atoms with Gasteiger partial charge in [-0.15, -0.1) is 0 Å². The van der Waals surface area contributed by atoms with Crippen LogP contribution in [-0.2, 0) is 10.2 Å². The molecule has 2 aliphatic rings. The van der Waals surface area contributed by atoms with Crippen LogP contribution in [0, 0.1) is 6.92 Å². The Bertz CT molecular complexity index is 909. The van der Waals surface area contributed by atoms with Crippen LogP contribution in [0.3, 0.4) is 0 Å². The first kappa shape index (κ1) is 21.6. The predicted octanol–water partition coefficient (Wildman–Crippen LogP) is 2.88. The topological polar surface area (TPSA) is 61.8 Å². The second kappa shape index (κ2) is 8.83. The first-order chi connectivity index (χ1) is 14.8. The Hall–Kier alpha value is -2.67. The molecule has 1 amide bonds. The third-order valence-electron chi connectivity index (χ3n) is 6.03. The molecule has 2 fully saturated rings. The highest BCUT2D eigenvalue weighted by Crippen LogP contribution is 2.24. The Morgan fingerprint density at radius 3 is 1.97 bits per heavy atom. The SMILES string of the molecule is Cc1nc(N2CCOCC2)cc(N2CCN(C(=O)c3ccc(C(C)(C)C)cc3)CC2)n1. The quantitative estimate of drug-likeness (QED) is 0.757. The molecule has 7 heteroatoms. The molecule has 31 heavy (non-hydrogen) atoms. The summed E-state index contributed by atoms with van der Waals surface area (Å²) in [5.74, 6) is 2.78. The highest BCUT2D eigenvalue weighted by molar-refractivity contribution is 5.94. The van der Waals surface area contributed by atoms with Crippen molar-refractivity contribution in [2.45, 2.75) is 33.1 Å². The van der Waals surface area contributed by atoms with E-state index in [1.807, 2.05) is 24.0 Å². The van der Waals surface area contributed by atoms with E-state index in [-0.39, 0.29) is 11.3 Å². The summed E-state index contributed by atoms with van der Waals surface area (Å²) in [7, 11) is 0. The highest BCUT2D eigenvalue weighted by atomic mass is 16.5. The van der Waals surface area contributed by atoms with Crippen LogP contribution >= 0.6 is 0 Å². The van der Waals surface area contributed by atoms with Crippen LogP contribution in [0.15, 0.2) is 30.3 Å². The summed E-state index contributed by atoms with van der Waals surface area (Å²) in [6.07, 6.45) is 0. The van der Waals surface area contributed by atoms with Crippen molar-refractivity contribution in [3.8, 4) is 0 Å². The average Bonchev–Trinajstić information content (AvgIpc) is 2.78. The Morgan fingerprint density at radius 2 is 1.42 bits per heavy atom. The molecule has 166 valence electrons. The van der Waals surface area contributed by atoms with Crippen molar-refractivity contribution in [2.24, 2.45) is 0 Å². The average molecular weight is 424 g/mol. The maximum atomic E-state index is 13.0. The van der Waals surface area contributed by atoms with Crippen LogP contribution in [0.1, 0.15) is 42.5 Å². The van der Waals surface area contributed by atoms with E-state index in [0.29, 0.717) is 13.1 Å². The van der Waals surface area contributed by atoms with Crippen LogP contribution < -0.4 is 9.80 Å². The molecule has 1 aromatic heterocycles. The molecule has 0 N–H and O–H groups in total. The van der Waals surface area contributed by atoms with Gasteiger partial charge in [-0.2, -0.15) is 0 Å². The highest BCUT2D eigenvalue weighted by Gasteiger charge is 2.24. The fourth-order valence-electron chi connectivity index (χ4n) is 4.09. The Labute approximate surface area is 185 Å². The van der Waals surface area contributed by atoms with Gasteiger partial charge in [-0.1, -0.05) is 32.9 Å². The number of morpholine rings is 1. The van der Waals surface area contributed by atoms with Gasteiger partial charge >= 0.3 is 0 Å². The molecule has 0 atom stereocenters. The largest absolute Gasteiger partial charge is 0.378 e. The van der Waals surface area contributed by atoms with E-state index in [1.54, 1.807) is 0 Å². The summed E-state index contributed by atoms with van der Waals surface area (Å²) < 4.78 is 5.46. The van der Waals surface area contributed by atoms with Gasteiger partial charge in [0.25, 0.3) is 5.91 Å². The van der Waals surface area contributed by atoms with Gasteiger partial charge in [-0.05, 0) is 30.0 Å². The number of aryl methyl sites for hydroxylation is 1. The normalized spacial score (nSPS) is 17.7. The van der Waals surface area contributed by atoms with Gasteiger partial charge in [0.05, 0.1) is 13.2 Å². The molecule has 2 aliphatic heterocycles. The number of hydrogen-bond donors (Lipinski definition) is 0. The summed E-state index contributed by atoms with van der Waals surface area (Å²) in [6, 6.07) is 10.1. The zero-order chi connectivity index (χ0) is 22.0. The summed E-state index contributed by atoms with van der Waals surface area (Å²) >= 11 is 0. The standard InChI is InChI=1S/C24H33N5O2/c1-18-25-21(17-22(26-18)28-13-15-31-16-14-28)27-9-11-29(12-10-27)23(30)19-5-7-20(8-6-19)24(2,3)4/h5-8,17H,9-16H2,1-4H3. The molecule has 0 unspecified atom stereocenters. The number of ether oxygens (including phenoxy) is 1. The minimum absolute atomic E-state index is 0.0863. The molecule has 0 saturated carbocycles. The lowest BCUT2D eigenvalue weighted by Gasteiger charge is -2.36. The molecule has 0 radical (unpaired) electrons. The maximum absolute atomic E-state index is 13.0. The van der Waals surface area contributed by atoms with Crippen molar-refractivity contribution >= 4 is 17.5 Å². The zero-order valence-corrected chi connectivity index (χ0v) is 19.1. The number of amides is 1. The van der Waals surface area contributed by atoms with E-state index in [1.165, 1.54) is 5.56 Å². The van der Waals surface area contributed by atoms with Gasteiger partial charge in [0, 0.05) is 50.9 Å². The first-order valence-electron chi connectivity index (χ1n) is 11.1. The number of carbonyl (C=O) groups excluding carboxylic acids is 1. The van der Waals surface area contributed by atoms with Gasteiger partial charge in [-0.3, -0.25) is 4.79 Å². The van der Waals surface area contributed by atoms with E-state index in [0.717, 1.165) is 62.4 Å². The van der Waals surface area contributed by atoms with Gasteiger partial charge in [0.2, 0.25) is 0 Å². The van der Waals surface area contributed by atoms with Crippen molar-refractivity contribution in [1.82, 2.24) is 14.9 Å². The molecule has 2 saturated heterocycles. The number of aromatic nitrogens is 2. The number of rotatable bonds is 3. The number of nitrogens with zero attached hydrogens (tertiary/aromatic N) is 5. The summed E-state index contributed by atoms with van der Waals surface area (Å²) in [5, 5.41) is 0. The molecule has 0 spiro atoms. The smallest absolute Gasteiger partial charge is 0.253 e. The summed E-state index contributed by atoms with van der Waals surface area (Å²) in [5.41, 5.74) is 2.08. The third-order valence-corrected chi connectivity index (χ3v) is 6.03. The first-order valence-corrected chi connectivity index (χ1v) is 11.1. The Kier molecular flexibility index (Phi) is 6.14.